The molecule has 5 heteroatoms. The number of carbonyl (C=O) groups excluding carboxylic acids is 1. The second kappa shape index (κ2) is 5.28. The molecule has 20 heavy (non-hydrogen) atoms. The van der Waals surface area contributed by atoms with Gasteiger partial charge in [-0.3, -0.25) is 4.79 Å². The Balaban J connectivity index is 2.39. The molecule has 0 fully saturated rings. The molecule has 0 heterocycles. The lowest BCUT2D eigenvalue weighted by Crippen LogP contribution is -2.45. The number of anilines is 1. The molecule has 1 unspecified atom stereocenters. The van der Waals surface area contributed by atoms with Gasteiger partial charge in [0.1, 0.15) is 17.2 Å². The third-order valence-corrected chi connectivity index (χ3v) is 3.13. The van der Waals surface area contributed by atoms with E-state index in [0.717, 1.165) is 0 Å². The van der Waals surface area contributed by atoms with Crippen LogP contribution in [0, 0.1) is 11.6 Å². The maximum Gasteiger partial charge on any atom is 0.247 e. The Bertz CT molecular complexity index is 628. The van der Waals surface area contributed by atoms with Crippen LogP contribution < -0.4 is 11.1 Å². The van der Waals surface area contributed by atoms with Gasteiger partial charge in [-0.1, -0.05) is 12.1 Å². The molecule has 2 rings (SSSR count). The zero-order valence-electron chi connectivity index (χ0n) is 10.9. The van der Waals surface area contributed by atoms with Crippen molar-refractivity contribution in [3.63, 3.8) is 0 Å². The summed E-state index contributed by atoms with van der Waals surface area (Å²) in [4.78, 5) is 11.8. The minimum atomic E-state index is -1.29. The molecule has 2 aromatic carbocycles. The van der Waals surface area contributed by atoms with E-state index in [-0.39, 0.29) is 5.82 Å². The SMILES string of the molecule is CC(Nc1ccc(F)cc1)(C(N)=O)c1cccc(F)c1. The third kappa shape index (κ3) is 2.77. The molecular weight excluding hydrogens is 262 g/mol. The van der Waals surface area contributed by atoms with Gasteiger partial charge in [0.05, 0.1) is 0 Å². The Hall–Kier alpha value is -2.43. The van der Waals surface area contributed by atoms with E-state index in [2.05, 4.69) is 5.32 Å². The standard InChI is InChI=1S/C15H14F2N2O/c1-15(14(18)20,10-3-2-4-12(17)9-10)19-13-7-5-11(16)6-8-13/h2-9,19H,1H3,(H2,18,20). The van der Waals surface area contributed by atoms with Crippen molar-refractivity contribution in [2.24, 2.45) is 5.73 Å². The smallest absolute Gasteiger partial charge is 0.247 e. The van der Waals surface area contributed by atoms with Crippen LogP contribution in [-0.2, 0) is 10.3 Å². The molecule has 0 radical (unpaired) electrons. The van der Waals surface area contributed by atoms with Gasteiger partial charge in [-0.05, 0) is 48.9 Å². The summed E-state index contributed by atoms with van der Waals surface area (Å²) >= 11 is 0. The van der Waals surface area contributed by atoms with Crippen molar-refractivity contribution in [2.45, 2.75) is 12.5 Å². The predicted molar refractivity (Wildman–Crippen MR) is 73.0 cm³/mol. The van der Waals surface area contributed by atoms with Crippen molar-refractivity contribution in [3.8, 4) is 0 Å². The summed E-state index contributed by atoms with van der Waals surface area (Å²) in [5, 5.41) is 2.92. The lowest BCUT2D eigenvalue weighted by Gasteiger charge is -2.29. The van der Waals surface area contributed by atoms with Crippen molar-refractivity contribution >= 4 is 11.6 Å². The first kappa shape index (κ1) is 14.0. The Morgan fingerprint density at radius 3 is 2.30 bits per heavy atom. The van der Waals surface area contributed by atoms with E-state index in [1.165, 1.54) is 42.5 Å². The van der Waals surface area contributed by atoms with Crippen molar-refractivity contribution in [2.75, 3.05) is 5.32 Å². The molecule has 1 atom stereocenters. The second-order valence-corrected chi connectivity index (χ2v) is 4.63. The first-order valence-corrected chi connectivity index (χ1v) is 6.01. The normalized spacial score (nSPS) is 13.6. The van der Waals surface area contributed by atoms with Crippen molar-refractivity contribution < 1.29 is 13.6 Å². The number of halogens is 2. The molecule has 104 valence electrons. The average molecular weight is 276 g/mol. The Kier molecular flexibility index (Phi) is 3.70. The van der Waals surface area contributed by atoms with Crippen LogP contribution in [0.3, 0.4) is 0 Å². The molecule has 2 aromatic rings. The highest BCUT2D eigenvalue weighted by Gasteiger charge is 2.33. The number of hydrogen-bond donors (Lipinski definition) is 2. The average Bonchev–Trinajstić information content (AvgIpc) is 2.41. The van der Waals surface area contributed by atoms with Gasteiger partial charge in [-0.15, -0.1) is 0 Å². The minimum absolute atomic E-state index is 0.387. The fraction of sp³-hybridized carbons (Fsp3) is 0.133. The van der Waals surface area contributed by atoms with E-state index >= 15 is 0 Å². The van der Waals surface area contributed by atoms with Crippen LogP contribution in [0.4, 0.5) is 14.5 Å². The van der Waals surface area contributed by atoms with E-state index in [1.54, 1.807) is 13.0 Å². The Morgan fingerprint density at radius 2 is 1.75 bits per heavy atom. The van der Waals surface area contributed by atoms with E-state index in [9.17, 15) is 13.6 Å². The van der Waals surface area contributed by atoms with E-state index in [0.29, 0.717) is 11.3 Å². The summed E-state index contributed by atoms with van der Waals surface area (Å²) < 4.78 is 26.2. The van der Waals surface area contributed by atoms with Gasteiger partial charge in [0.2, 0.25) is 5.91 Å². The largest absolute Gasteiger partial charge is 0.368 e. The molecule has 3 N–H and O–H groups in total. The molecule has 0 bridgehead atoms. The van der Waals surface area contributed by atoms with Gasteiger partial charge in [-0.2, -0.15) is 0 Å². The van der Waals surface area contributed by atoms with Crippen LogP contribution in [0.25, 0.3) is 0 Å². The summed E-state index contributed by atoms with van der Waals surface area (Å²) in [6, 6.07) is 11.1. The van der Waals surface area contributed by atoms with Gasteiger partial charge in [-0.25, -0.2) is 8.78 Å². The number of nitrogens with two attached hydrogens (primary N) is 1. The fourth-order valence-corrected chi connectivity index (χ4v) is 1.90. The van der Waals surface area contributed by atoms with Gasteiger partial charge in [0, 0.05) is 5.69 Å². The highest BCUT2D eigenvalue weighted by atomic mass is 19.1. The number of hydrogen-bond acceptors (Lipinski definition) is 2. The van der Waals surface area contributed by atoms with Gasteiger partial charge in [0.25, 0.3) is 0 Å². The zero-order chi connectivity index (χ0) is 14.8. The Labute approximate surface area is 115 Å². The number of rotatable bonds is 4. The van der Waals surface area contributed by atoms with E-state index < -0.39 is 17.3 Å². The second-order valence-electron chi connectivity index (χ2n) is 4.63. The molecule has 3 nitrogen and oxygen atoms in total. The molecular formula is C15H14F2N2O. The highest BCUT2D eigenvalue weighted by molar-refractivity contribution is 5.88. The number of primary amides is 1. The fourth-order valence-electron chi connectivity index (χ4n) is 1.90. The lowest BCUT2D eigenvalue weighted by molar-refractivity contribution is -0.122. The Morgan fingerprint density at radius 1 is 1.10 bits per heavy atom. The number of nitrogens with one attached hydrogen (secondary N) is 1. The van der Waals surface area contributed by atoms with Crippen LogP contribution in [0.2, 0.25) is 0 Å². The molecule has 0 aromatic heterocycles. The van der Waals surface area contributed by atoms with E-state index in [4.69, 9.17) is 5.73 Å². The molecule has 0 saturated carbocycles. The third-order valence-electron chi connectivity index (χ3n) is 3.13. The van der Waals surface area contributed by atoms with Crippen LogP contribution in [0.15, 0.2) is 48.5 Å². The maximum atomic E-state index is 13.3. The van der Waals surface area contributed by atoms with Gasteiger partial charge < -0.3 is 11.1 Å². The monoisotopic (exact) mass is 276 g/mol. The number of carbonyl (C=O) groups is 1. The summed E-state index contributed by atoms with van der Waals surface area (Å²) in [6.45, 7) is 1.55. The molecule has 0 aliphatic carbocycles. The van der Waals surface area contributed by atoms with Crippen LogP contribution in [0.5, 0.6) is 0 Å². The van der Waals surface area contributed by atoms with Crippen molar-refractivity contribution in [1.82, 2.24) is 0 Å². The quantitative estimate of drug-likeness (QED) is 0.902. The van der Waals surface area contributed by atoms with Crippen molar-refractivity contribution in [1.29, 1.82) is 0 Å². The minimum Gasteiger partial charge on any atom is -0.368 e. The number of benzene rings is 2. The lowest BCUT2D eigenvalue weighted by atomic mass is 9.90. The summed E-state index contributed by atoms with van der Waals surface area (Å²) in [5.41, 5.74) is 5.05. The topological polar surface area (TPSA) is 55.1 Å². The predicted octanol–water partition coefficient (Wildman–Crippen LogP) is 2.78. The molecule has 1 amide bonds. The molecule has 0 aliphatic heterocycles. The highest BCUT2D eigenvalue weighted by Crippen LogP contribution is 2.26. The van der Waals surface area contributed by atoms with Crippen LogP contribution in [0.1, 0.15) is 12.5 Å². The first-order valence-electron chi connectivity index (χ1n) is 6.01. The summed E-state index contributed by atoms with van der Waals surface area (Å²) in [7, 11) is 0. The van der Waals surface area contributed by atoms with Gasteiger partial charge >= 0.3 is 0 Å². The van der Waals surface area contributed by atoms with Crippen molar-refractivity contribution in [3.05, 3.63) is 65.7 Å². The summed E-state index contributed by atoms with van der Waals surface area (Å²) in [6.07, 6.45) is 0. The molecule has 0 saturated heterocycles. The zero-order valence-corrected chi connectivity index (χ0v) is 10.9. The van der Waals surface area contributed by atoms with Crippen LogP contribution >= 0.6 is 0 Å². The van der Waals surface area contributed by atoms with Gasteiger partial charge in [0.15, 0.2) is 0 Å². The number of amides is 1. The molecule has 0 aliphatic rings. The summed E-state index contributed by atoms with van der Waals surface area (Å²) in [5.74, 6) is -1.51. The maximum absolute atomic E-state index is 13.3. The molecule has 0 spiro atoms. The first-order chi connectivity index (χ1) is 9.41. The van der Waals surface area contributed by atoms with E-state index in [1.807, 2.05) is 0 Å². The van der Waals surface area contributed by atoms with Crippen LogP contribution in [-0.4, -0.2) is 5.91 Å².